The summed E-state index contributed by atoms with van der Waals surface area (Å²) in [5.74, 6) is 0. The van der Waals surface area contributed by atoms with Crippen LogP contribution in [0.15, 0.2) is 77.8 Å². The summed E-state index contributed by atoms with van der Waals surface area (Å²) in [6, 6.07) is 23.1. The van der Waals surface area contributed by atoms with Crippen molar-refractivity contribution in [3.63, 3.8) is 0 Å². The lowest BCUT2D eigenvalue weighted by molar-refractivity contribution is 0.622. The predicted molar refractivity (Wildman–Crippen MR) is 117 cm³/mol. The van der Waals surface area contributed by atoms with Crippen molar-refractivity contribution < 1.29 is 4.21 Å². The quantitative estimate of drug-likeness (QED) is 0.428. The second-order valence-electron chi connectivity index (χ2n) is 7.86. The van der Waals surface area contributed by atoms with E-state index in [1.54, 1.807) is 6.26 Å². The Labute approximate surface area is 167 Å². The molecule has 1 aliphatic rings. The number of nitrogens with zero attached hydrogens (tertiary/aromatic N) is 1. The van der Waals surface area contributed by atoms with Crippen LogP contribution >= 0.6 is 0 Å². The average Bonchev–Trinajstić information content (AvgIpc) is 2.72. The van der Waals surface area contributed by atoms with Crippen molar-refractivity contribution in [3.8, 4) is 22.3 Å². The maximum atomic E-state index is 12.3. The van der Waals surface area contributed by atoms with Crippen LogP contribution in [0.1, 0.15) is 25.1 Å². The number of rotatable bonds is 2. The van der Waals surface area contributed by atoms with Crippen LogP contribution in [0.2, 0.25) is 0 Å². The molecule has 1 heterocycles. The molecule has 1 aliphatic carbocycles. The topological polar surface area (TPSA) is 30.0 Å². The average molecular weight is 384 g/mol. The molecule has 0 radical (unpaired) electrons. The third kappa shape index (κ3) is 2.33. The summed E-state index contributed by atoms with van der Waals surface area (Å²) in [5.41, 5.74) is 6.89. The zero-order valence-corrected chi connectivity index (χ0v) is 17.0. The molecule has 0 spiro atoms. The highest BCUT2D eigenvalue weighted by Gasteiger charge is 2.34. The highest BCUT2D eigenvalue weighted by atomic mass is 32.2. The van der Waals surface area contributed by atoms with E-state index in [4.69, 9.17) is 4.98 Å². The van der Waals surface area contributed by atoms with Crippen LogP contribution in [0.5, 0.6) is 0 Å². The van der Waals surface area contributed by atoms with E-state index in [1.807, 2.05) is 24.4 Å². The van der Waals surface area contributed by atoms with Crippen molar-refractivity contribution in [1.29, 1.82) is 0 Å². The van der Waals surface area contributed by atoms with E-state index in [-0.39, 0.29) is 5.41 Å². The van der Waals surface area contributed by atoms with Gasteiger partial charge >= 0.3 is 0 Å². The maximum absolute atomic E-state index is 12.3. The van der Waals surface area contributed by atoms with E-state index in [0.717, 1.165) is 21.7 Å². The lowest BCUT2D eigenvalue weighted by Gasteiger charge is -2.34. The molecule has 4 aromatic rings. The molecule has 1 aromatic heterocycles. The largest absolute Gasteiger partial charge is 0.260 e. The molecule has 3 heteroatoms. The predicted octanol–water partition coefficient (Wildman–Crippen LogP) is 5.95. The van der Waals surface area contributed by atoms with Crippen molar-refractivity contribution in [3.05, 3.63) is 84.2 Å². The van der Waals surface area contributed by atoms with E-state index in [9.17, 15) is 4.21 Å². The van der Waals surface area contributed by atoms with Gasteiger partial charge in [0, 0.05) is 28.1 Å². The van der Waals surface area contributed by atoms with Gasteiger partial charge in [-0.2, -0.15) is 0 Å². The van der Waals surface area contributed by atoms with Crippen molar-refractivity contribution in [2.45, 2.75) is 24.2 Å². The fourth-order valence-corrected chi connectivity index (χ4v) is 5.32. The van der Waals surface area contributed by atoms with E-state index in [0.29, 0.717) is 0 Å². The van der Waals surface area contributed by atoms with Gasteiger partial charge in [0.2, 0.25) is 0 Å². The monoisotopic (exact) mass is 383 g/mol. The van der Waals surface area contributed by atoms with Gasteiger partial charge in [-0.15, -0.1) is 0 Å². The number of pyridine rings is 1. The zero-order valence-electron chi connectivity index (χ0n) is 16.2. The van der Waals surface area contributed by atoms with Crippen LogP contribution in [0.4, 0.5) is 0 Å². The summed E-state index contributed by atoms with van der Waals surface area (Å²) >= 11 is 0. The van der Waals surface area contributed by atoms with Crippen LogP contribution in [0.25, 0.3) is 33.0 Å². The molecule has 0 fully saturated rings. The maximum Gasteiger partial charge on any atom is 0.0588 e. The minimum atomic E-state index is -1.05. The van der Waals surface area contributed by atoms with Gasteiger partial charge in [0.05, 0.1) is 16.5 Å². The Hall–Kier alpha value is -2.78. The van der Waals surface area contributed by atoms with Gasteiger partial charge in [0.15, 0.2) is 0 Å². The third-order valence-corrected chi connectivity index (χ3v) is 6.87. The van der Waals surface area contributed by atoms with Gasteiger partial charge in [-0.25, -0.2) is 0 Å². The molecule has 1 atom stereocenters. The molecule has 2 nitrogen and oxygen atoms in total. The van der Waals surface area contributed by atoms with Gasteiger partial charge < -0.3 is 0 Å². The second-order valence-corrected chi connectivity index (χ2v) is 9.21. The van der Waals surface area contributed by atoms with E-state index in [2.05, 4.69) is 62.4 Å². The van der Waals surface area contributed by atoms with Crippen LogP contribution < -0.4 is 0 Å². The Morgan fingerprint density at radius 2 is 1.46 bits per heavy atom. The number of aromatic nitrogens is 1. The summed E-state index contributed by atoms with van der Waals surface area (Å²) in [7, 11) is -1.05. The fourth-order valence-electron chi connectivity index (χ4n) is 4.56. The lowest BCUT2D eigenvalue weighted by atomic mass is 9.70. The Morgan fingerprint density at radius 3 is 2.25 bits per heavy atom. The van der Waals surface area contributed by atoms with Crippen molar-refractivity contribution in [2.24, 2.45) is 0 Å². The zero-order chi connectivity index (χ0) is 19.5. The van der Waals surface area contributed by atoms with Crippen LogP contribution in [0, 0.1) is 0 Å². The molecule has 28 heavy (non-hydrogen) atoms. The Kier molecular flexibility index (Phi) is 3.78. The van der Waals surface area contributed by atoms with Crippen molar-refractivity contribution >= 4 is 21.6 Å². The van der Waals surface area contributed by atoms with E-state index < -0.39 is 10.8 Å². The van der Waals surface area contributed by atoms with Crippen LogP contribution in [-0.2, 0) is 16.2 Å². The number of hydrogen-bond acceptors (Lipinski definition) is 2. The smallest absolute Gasteiger partial charge is 0.0588 e. The number of benzene rings is 3. The molecule has 0 saturated carbocycles. The molecule has 5 rings (SSSR count). The molecule has 0 amide bonds. The molecule has 0 saturated heterocycles. The molecule has 1 unspecified atom stereocenters. The number of hydrogen-bond donors (Lipinski definition) is 0. The summed E-state index contributed by atoms with van der Waals surface area (Å²) in [5, 5.41) is 2.38. The third-order valence-electron chi connectivity index (χ3n) is 5.90. The van der Waals surface area contributed by atoms with E-state index >= 15 is 0 Å². The van der Waals surface area contributed by atoms with Crippen LogP contribution in [-0.4, -0.2) is 15.4 Å². The molecule has 0 N–H and O–H groups in total. The SMILES string of the molecule is CS(=O)c1ccccc1-c1ccc2c3c(nccc13)C(C)(C)c1ccccc1-2. The standard InChI is InChI=1S/C25H21NOS/c1-25(2)21-10-6-4-8-17(21)19-13-12-16(20-14-15-26-24(25)23(19)20)18-9-5-7-11-22(18)28(3)27/h4-15H,1-3H3. The summed E-state index contributed by atoms with van der Waals surface area (Å²) < 4.78 is 12.3. The first-order valence-corrected chi connectivity index (χ1v) is 11.0. The van der Waals surface area contributed by atoms with E-state index in [1.165, 1.54) is 27.5 Å². The van der Waals surface area contributed by atoms with Crippen molar-refractivity contribution in [1.82, 2.24) is 4.98 Å². The highest BCUT2D eigenvalue weighted by molar-refractivity contribution is 7.84. The molecular weight excluding hydrogens is 362 g/mol. The molecule has 3 aromatic carbocycles. The number of fused-ring (bicyclic) bond motifs is 2. The first kappa shape index (κ1) is 17.3. The fraction of sp³-hybridized carbons (Fsp3) is 0.160. The molecule has 0 aliphatic heterocycles. The Morgan fingerprint density at radius 1 is 0.786 bits per heavy atom. The van der Waals surface area contributed by atoms with Crippen molar-refractivity contribution in [2.75, 3.05) is 6.26 Å². The highest BCUT2D eigenvalue weighted by Crippen LogP contribution is 2.49. The second kappa shape index (κ2) is 6.11. The normalized spacial score (nSPS) is 15.2. The molecule has 138 valence electrons. The first-order valence-electron chi connectivity index (χ1n) is 9.45. The van der Waals surface area contributed by atoms with Gasteiger partial charge in [-0.1, -0.05) is 68.4 Å². The molecule has 0 bridgehead atoms. The van der Waals surface area contributed by atoms with Gasteiger partial charge in [-0.3, -0.25) is 9.19 Å². The first-order chi connectivity index (χ1) is 13.5. The lowest BCUT2D eigenvalue weighted by Crippen LogP contribution is -2.25. The Balaban J connectivity index is 1.92. The minimum Gasteiger partial charge on any atom is -0.260 e. The van der Waals surface area contributed by atoms with Gasteiger partial charge in [0.1, 0.15) is 0 Å². The van der Waals surface area contributed by atoms with Gasteiger partial charge in [-0.05, 0) is 45.3 Å². The summed E-state index contributed by atoms with van der Waals surface area (Å²) in [6.07, 6.45) is 3.65. The van der Waals surface area contributed by atoms with Crippen LogP contribution in [0.3, 0.4) is 0 Å². The summed E-state index contributed by atoms with van der Waals surface area (Å²) in [4.78, 5) is 5.69. The summed E-state index contributed by atoms with van der Waals surface area (Å²) in [6.45, 7) is 4.50. The minimum absolute atomic E-state index is 0.172. The Bertz CT molecular complexity index is 1270. The molecular formula is C25H21NOS. The van der Waals surface area contributed by atoms with Gasteiger partial charge in [0.25, 0.3) is 0 Å².